The Kier molecular flexibility index (Phi) is 4.80. The maximum atomic E-state index is 12.1. The minimum atomic E-state index is 0.0993. The van der Waals surface area contributed by atoms with Gasteiger partial charge < -0.3 is 0 Å². The topological polar surface area (TPSA) is 17.1 Å². The zero-order chi connectivity index (χ0) is 13.7. The van der Waals surface area contributed by atoms with Crippen LogP contribution in [0.2, 0.25) is 0 Å². The van der Waals surface area contributed by atoms with E-state index in [-0.39, 0.29) is 5.12 Å². The average molecular weight is 270 g/mol. The van der Waals surface area contributed by atoms with Gasteiger partial charge in [-0.05, 0) is 41.8 Å². The minimum absolute atomic E-state index is 0.0993. The summed E-state index contributed by atoms with van der Waals surface area (Å²) >= 11 is 1.28. The van der Waals surface area contributed by atoms with E-state index < -0.39 is 0 Å². The highest BCUT2D eigenvalue weighted by Gasteiger charge is 2.08. The summed E-state index contributed by atoms with van der Waals surface area (Å²) in [6, 6.07) is 17.7. The van der Waals surface area contributed by atoms with Crippen molar-refractivity contribution in [3.63, 3.8) is 0 Å². The van der Waals surface area contributed by atoms with Crippen molar-refractivity contribution in [3.05, 3.63) is 65.7 Å². The highest BCUT2D eigenvalue weighted by molar-refractivity contribution is 8.14. The zero-order valence-corrected chi connectivity index (χ0v) is 12.1. The van der Waals surface area contributed by atoms with Gasteiger partial charge in [0.2, 0.25) is 5.12 Å². The maximum Gasteiger partial charge on any atom is 0.224 e. The van der Waals surface area contributed by atoms with Gasteiger partial charge in [0.1, 0.15) is 0 Å². The number of thioether (sulfide) groups is 1. The predicted octanol–water partition coefficient (Wildman–Crippen LogP) is 4.82. The van der Waals surface area contributed by atoms with E-state index in [1.54, 1.807) is 0 Å². The van der Waals surface area contributed by atoms with Crippen molar-refractivity contribution in [1.82, 2.24) is 0 Å². The molecule has 0 aliphatic carbocycles. The monoisotopic (exact) mass is 270 g/mol. The second kappa shape index (κ2) is 6.58. The molecule has 0 aliphatic rings. The van der Waals surface area contributed by atoms with Crippen molar-refractivity contribution >= 4 is 16.9 Å². The number of hydrogen-bond donors (Lipinski definition) is 0. The van der Waals surface area contributed by atoms with E-state index >= 15 is 0 Å². The Morgan fingerprint density at radius 1 is 1.00 bits per heavy atom. The molecule has 2 aromatic carbocycles. The first-order valence-corrected chi connectivity index (χ1v) is 7.33. The Morgan fingerprint density at radius 2 is 1.63 bits per heavy atom. The summed E-state index contributed by atoms with van der Waals surface area (Å²) in [4.78, 5) is 13.1. The summed E-state index contributed by atoms with van der Waals surface area (Å²) in [6.07, 6.45) is 1.06. The molecule has 0 N–H and O–H groups in total. The summed E-state index contributed by atoms with van der Waals surface area (Å²) in [5.41, 5.74) is 2.05. The summed E-state index contributed by atoms with van der Waals surface area (Å²) in [7, 11) is 0. The van der Waals surface area contributed by atoms with Crippen LogP contribution in [0.1, 0.15) is 29.8 Å². The Morgan fingerprint density at radius 3 is 2.21 bits per heavy atom. The van der Waals surface area contributed by atoms with Crippen LogP contribution in [0.4, 0.5) is 0 Å². The fourth-order valence-electron chi connectivity index (χ4n) is 1.90. The molecule has 0 aliphatic heterocycles. The van der Waals surface area contributed by atoms with E-state index in [2.05, 4.69) is 26.0 Å². The Labute approximate surface area is 119 Å². The first kappa shape index (κ1) is 13.9. The average Bonchev–Trinajstić information content (AvgIpc) is 2.40. The molecule has 2 rings (SSSR count). The number of rotatable bonds is 4. The molecule has 19 heavy (non-hydrogen) atoms. The van der Waals surface area contributed by atoms with Gasteiger partial charge in [0.15, 0.2) is 0 Å². The van der Waals surface area contributed by atoms with Crippen LogP contribution >= 0.6 is 11.8 Å². The van der Waals surface area contributed by atoms with Crippen molar-refractivity contribution in [2.45, 2.75) is 25.2 Å². The molecular weight excluding hydrogens is 252 g/mol. The lowest BCUT2D eigenvalue weighted by molar-refractivity contribution is 0.108. The molecule has 0 unspecified atom stereocenters. The zero-order valence-electron chi connectivity index (χ0n) is 11.3. The van der Waals surface area contributed by atoms with Gasteiger partial charge in [0.05, 0.1) is 0 Å². The Balaban J connectivity index is 2.04. The van der Waals surface area contributed by atoms with Crippen LogP contribution < -0.4 is 0 Å². The molecule has 0 spiro atoms. The van der Waals surface area contributed by atoms with Gasteiger partial charge in [-0.3, -0.25) is 4.79 Å². The van der Waals surface area contributed by atoms with Crippen LogP contribution in [0.3, 0.4) is 0 Å². The van der Waals surface area contributed by atoms with Gasteiger partial charge in [0, 0.05) is 10.5 Å². The minimum Gasteiger partial charge on any atom is -0.281 e. The lowest BCUT2D eigenvalue weighted by Crippen LogP contribution is -1.96. The van der Waals surface area contributed by atoms with Gasteiger partial charge in [-0.15, -0.1) is 0 Å². The summed E-state index contributed by atoms with van der Waals surface area (Å²) in [5.74, 6) is 0.639. The van der Waals surface area contributed by atoms with Crippen LogP contribution in [0.25, 0.3) is 0 Å². The standard InChI is InChI=1S/C17H18OS/c1-13(2)12-14-8-10-15(11-9-14)17(18)19-16-6-4-3-5-7-16/h3-11,13H,12H2,1-2H3. The molecule has 0 heterocycles. The number of carbonyl (C=O) groups excluding carboxylic acids is 1. The summed E-state index contributed by atoms with van der Waals surface area (Å²) < 4.78 is 0. The normalized spacial score (nSPS) is 10.7. The number of carbonyl (C=O) groups is 1. The van der Waals surface area contributed by atoms with E-state index in [0.717, 1.165) is 16.9 Å². The third-order valence-corrected chi connectivity index (χ3v) is 3.72. The number of hydrogen-bond acceptors (Lipinski definition) is 2. The van der Waals surface area contributed by atoms with Crippen LogP contribution in [-0.2, 0) is 6.42 Å². The van der Waals surface area contributed by atoms with Crippen LogP contribution in [0.15, 0.2) is 59.5 Å². The number of benzene rings is 2. The lowest BCUT2D eigenvalue weighted by atomic mass is 10.0. The molecular formula is C17H18OS. The highest BCUT2D eigenvalue weighted by Crippen LogP contribution is 2.22. The van der Waals surface area contributed by atoms with Gasteiger partial charge in [-0.1, -0.05) is 56.3 Å². The molecule has 0 saturated carbocycles. The van der Waals surface area contributed by atoms with Gasteiger partial charge in [0.25, 0.3) is 0 Å². The van der Waals surface area contributed by atoms with E-state index in [1.165, 1.54) is 17.3 Å². The lowest BCUT2D eigenvalue weighted by Gasteiger charge is -2.06. The summed E-state index contributed by atoms with van der Waals surface area (Å²) in [6.45, 7) is 4.40. The van der Waals surface area contributed by atoms with E-state index in [9.17, 15) is 4.79 Å². The molecule has 0 radical (unpaired) electrons. The summed E-state index contributed by atoms with van der Waals surface area (Å²) in [5, 5.41) is 0.0993. The first-order chi connectivity index (χ1) is 9.15. The fraction of sp³-hybridized carbons (Fsp3) is 0.235. The molecule has 0 atom stereocenters. The smallest absolute Gasteiger partial charge is 0.224 e. The predicted molar refractivity (Wildman–Crippen MR) is 81.6 cm³/mol. The first-order valence-electron chi connectivity index (χ1n) is 6.51. The largest absolute Gasteiger partial charge is 0.281 e. The van der Waals surface area contributed by atoms with Gasteiger partial charge in [-0.2, -0.15) is 0 Å². The third kappa shape index (κ3) is 4.25. The second-order valence-corrected chi connectivity index (χ2v) is 6.04. The van der Waals surface area contributed by atoms with Gasteiger partial charge >= 0.3 is 0 Å². The Bertz CT molecular complexity index is 529. The molecule has 0 bridgehead atoms. The maximum absolute atomic E-state index is 12.1. The van der Waals surface area contributed by atoms with Crippen molar-refractivity contribution < 1.29 is 4.79 Å². The molecule has 0 aromatic heterocycles. The molecule has 98 valence electrons. The highest BCUT2D eigenvalue weighted by atomic mass is 32.2. The second-order valence-electron chi connectivity index (χ2n) is 5.00. The SMILES string of the molecule is CC(C)Cc1ccc(C(=O)Sc2ccccc2)cc1. The van der Waals surface area contributed by atoms with Crippen molar-refractivity contribution in [2.75, 3.05) is 0 Å². The Hall–Kier alpha value is -1.54. The van der Waals surface area contributed by atoms with Crippen LogP contribution in [0, 0.1) is 5.92 Å². The molecule has 1 nitrogen and oxygen atoms in total. The van der Waals surface area contributed by atoms with Crippen molar-refractivity contribution in [1.29, 1.82) is 0 Å². The van der Waals surface area contributed by atoms with Crippen molar-refractivity contribution in [2.24, 2.45) is 5.92 Å². The van der Waals surface area contributed by atoms with Crippen LogP contribution in [-0.4, -0.2) is 5.12 Å². The van der Waals surface area contributed by atoms with Crippen molar-refractivity contribution in [3.8, 4) is 0 Å². The molecule has 0 saturated heterocycles. The molecule has 2 heteroatoms. The van der Waals surface area contributed by atoms with E-state index in [0.29, 0.717) is 5.92 Å². The van der Waals surface area contributed by atoms with Gasteiger partial charge in [-0.25, -0.2) is 0 Å². The van der Waals surface area contributed by atoms with E-state index in [4.69, 9.17) is 0 Å². The van der Waals surface area contributed by atoms with E-state index in [1.807, 2.05) is 42.5 Å². The molecule has 0 amide bonds. The molecule has 2 aromatic rings. The third-order valence-electron chi connectivity index (χ3n) is 2.79. The van der Waals surface area contributed by atoms with Crippen LogP contribution in [0.5, 0.6) is 0 Å². The fourth-order valence-corrected chi connectivity index (χ4v) is 2.66. The quantitative estimate of drug-likeness (QED) is 0.741. The molecule has 0 fully saturated rings.